The summed E-state index contributed by atoms with van der Waals surface area (Å²) in [5.41, 5.74) is 2.61. The number of piperazine rings is 1. The van der Waals surface area contributed by atoms with Crippen LogP contribution in [0.2, 0.25) is 0 Å². The highest BCUT2D eigenvalue weighted by Crippen LogP contribution is 2.32. The van der Waals surface area contributed by atoms with Gasteiger partial charge in [-0.3, -0.25) is 4.79 Å². The molecule has 0 bridgehead atoms. The number of para-hydroxylation sites is 1. The van der Waals surface area contributed by atoms with Gasteiger partial charge in [-0.1, -0.05) is 25.1 Å². The number of carbonyl (C=O) groups is 1. The molecule has 2 aliphatic rings. The van der Waals surface area contributed by atoms with Crippen LogP contribution in [0, 0.1) is 0 Å². The Morgan fingerprint density at radius 1 is 1.12 bits per heavy atom. The van der Waals surface area contributed by atoms with E-state index >= 15 is 0 Å². The number of hydrogen-bond acceptors (Lipinski definition) is 5. The van der Waals surface area contributed by atoms with E-state index in [9.17, 15) is 4.79 Å². The van der Waals surface area contributed by atoms with E-state index in [1.807, 2.05) is 23.1 Å². The van der Waals surface area contributed by atoms with Crippen molar-refractivity contribution in [3.05, 3.63) is 47.9 Å². The van der Waals surface area contributed by atoms with E-state index in [1.54, 1.807) is 12.4 Å². The van der Waals surface area contributed by atoms with Gasteiger partial charge in [-0.15, -0.1) is 0 Å². The summed E-state index contributed by atoms with van der Waals surface area (Å²) in [5, 5.41) is 0. The third-order valence-electron chi connectivity index (χ3n) is 5.43. The van der Waals surface area contributed by atoms with Crippen molar-refractivity contribution in [2.75, 3.05) is 42.5 Å². The van der Waals surface area contributed by atoms with Gasteiger partial charge in [0.1, 0.15) is 11.5 Å². The van der Waals surface area contributed by atoms with E-state index in [4.69, 9.17) is 0 Å². The van der Waals surface area contributed by atoms with Gasteiger partial charge in [0.05, 0.1) is 12.4 Å². The maximum atomic E-state index is 13.0. The highest BCUT2D eigenvalue weighted by Gasteiger charge is 2.32. The van der Waals surface area contributed by atoms with Gasteiger partial charge in [-0.25, -0.2) is 9.97 Å². The van der Waals surface area contributed by atoms with Crippen LogP contribution in [0.1, 0.15) is 29.9 Å². The average molecular weight is 351 g/mol. The predicted octanol–water partition coefficient (Wildman–Crippen LogP) is 2.21. The second-order valence-electron chi connectivity index (χ2n) is 7.04. The number of rotatable bonds is 3. The predicted molar refractivity (Wildman–Crippen MR) is 103 cm³/mol. The maximum absolute atomic E-state index is 13.0. The summed E-state index contributed by atoms with van der Waals surface area (Å²) in [4.78, 5) is 28.5. The van der Waals surface area contributed by atoms with E-state index in [-0.39, 0.29) is 11.9 Å². The molecule has 3 heterocycles. The summed E-state index contributed by atoms with van der Waals surface area (Å²) < 4.78 is 0. The molecule has 1 aromatic carbocycles. The topological polar surface area (TPSA) is 52.6 Å². The molecule has 1 saturated heterocycles. The van der Waals surface area contributed by atoms with Crippen LogP contribution in [0.5, 0.6) is 0 Å². The molecule has 1 fully saturated rings. The molecular weight excluding hydrogens is 326 g/mol. The lowest BCUT2D eigenvalue weighted by Crippen LogP contribution is -2.46. The molecule has 2 aromatic rings. The second-order valence-corrected chi connectivity index (χ2v) is 7.04. The summed E-state index contributed by atoms with van der Waals surface area (Å²) in [6, 6.07) is 8.23. The highest BCUT2D eigenvalue weighted by atomic mass is 16.2. The Kier molecular flexibility index (Phi) is 4.59. The average Bonchev–Trinajstić information content (AvgIpc) is 3.03. The molecule has 0 N–H and O–H groups in total. The molecule has 136 valence electrons. The summed E-state index contributed by atoms with van der Waals surface area (Å²) in [5.74, 6) is 0.782. The van der Waals surface area contributed by atoms with Crippen LogP contribution >= 0.6 is 0 Å². The lowest BCUT2D eigenvalue weighted by Gasteiger charge is -2.34. The number of aromatic nitrogens is 2. The summed E-state index contributed by atoms with van der Waals surface area (Å²) in [6.45, 7) is 9.34. The van der Waals surface area contributed by atoms with Gasteiger partial charge in [0.25, 0.3) is 5.91 Å². The number of likely N-dealkylation sites (N-methyl/N-ethyl adjacent to an activating group) is 1. The fourth-order valence-corrected chi connectivity index (χ4v) is 3.89. The first-order valence-corrected chi connectivity index (χ1v) is 9.38. The smallest absolute Gasteiger partial charge is 0.278 e. The minimum Gasteiger partial charge on any atom is -0.353 e. The number of carbonyl (C=O) groups excluding carboxylic acids is 1. The van der Waals surface area contributed by atoms with Crippen molar-refractivity contribution < 1.29 is 4.79 Å². The molecule has 1 atom stereocenters. The molecule has 6 heteroatoms. The van der Waals surface area contributed by atoms with E-state index in [1.165, 1.54) is 5.56 Å². The third-order valence-corrected chi connectivity index (χ3v) is 5.43. The Bertz CT molecular complexity index is 783. The Morgan fingerprint density at radius 3 is 2.58 bits per heavy atom. The second kappa shape index (κ2) is 7.03. The van der Waals surface area contributed by atoms with Gasteiger partial charge >= 0.3 is 0 Å². The molecule has 1 amide bonds. The van der Waals surface area contributed by atoms with Gasteiger partial charge < -0.3 is 14.7 Å². The number of amides is 1. The quantitative estimate of drug-likeness (QED) is 0.849. The molecule has 4 rings (SSSR count). The third kappa shape index (κ3) is 3.05. The molecular formula is C20H25N5O. The first-order valence-electron chi connectivity index (χ1n) is 9.38. The minimum absolute atomic E-state index is 0.0719. The Hall–Kier alpha value is -2.47. The van der Waals surface area contributed by atoms with Crippen LogP contribution in [0.25, 0.3) is 0 Å². The van der Waals surface area contributed by atoms with E-state index in [2.05, 4.69) is 39.7 Å². The zero-order valence-electron chi connectivity index (χ0n) is 15.4. The SMILES string of the molecule is CCN1CCN(c2cnc(C(=O)N3c4ccccc4CC3C)cn2)CC1. The van der Waals surface area contributed by atoms with Crippen molar-refractivity contribution in [1.82, 2.24) is 14.9 Å². The summed E-state index contributed by atoms with van der Waals surface area (Å²) >= 11 is 0. The maximum Gasteiger partial charge on any atom is 0.278 e. The molecule has 2 aliphatic heterocycles. The van der Waals surface area contributed by atoms with Crippen LogP contribution < -0.4 is 9.80 Å². The van der Waals surface area contributed by atoms with Gasteiger partial charge in [0, 0.05) is 37.9 Å². The summed E-state index contributed by atoms with van der Waals surface area (Å²) in [7, 11) is 0. The fraction of sp³-hybridized carbons (Fsp3) is 0.450. The number of hydrogen-bond donors (Lipinski definition) is 0. The molecule has 0 aliphatic carbocycles. The lowest BCUT2D eigenvalue weighted by molar-refractivity contribution is 0.0976. The first-order chi connectivity index (χ1) is 12.7. The molecule has 1 unspecified atom stereocenters. The fourth-order valence-electron chi connectivity index (χ4n) is 3.89. The highest BCUT2D eigenvalue weighted by molar-refractivity contribution is 6.06. The largest absolute Gasteiger partial charge is 0.353 e. The number of anilines is 2. The number of nitrogens with zero attached hydrogens (tertiary/aromatic N) is 5. The van der Waals surface area contributed by atoms with Gasteiger partial charge in [0.2, 0.25) is 0 Å². The van der Waals surface area contributed by atoms with Crippen molar-refractivity contribution in [3.63, 3.8) is 0 Å². The number of benzene rings is 1. The normalized spacial score (nSPS) is 20.3. The first kappa shape index (κ1) is 17.0. The zero-order valence-corrected chi connectivity index (χ0v) is 15.4. The van der Waals surface area contributed by atoms with Crippen molar-refractivity contribution in [2.24, 2.45) is 0 Å². The van der Waals surface area contributed by atoms with Crippen LogP contribution in [-0.2, 0) is 6.42 Å². The molecule has 26 heavy (non-hydrogen) atoms. The van der Waals surface area contributed by atoms with Crippen LogP contribution in [-0.4, -0.2) is 59.5 Å². The van der Waals surface area contributed by atoms with Crippen molar-refractivity contribution in [2.45, 2.75) is 26.3 Å². The minimum atomic E-state index is -0.0719. The van der Waals surface area contributed by atoms with Gasteiger partial charge in [0.15, 0.2) is 0 Å². The van der Waals surface area contributed by atoms with Gasteiger partial charge in [-0.2, -0.15) is 0 Å². The Labute approximate surface area is 154 Å². The molecule has 6 nitrogen and oxygen atoms in total. The van der Waals surface area contributed by atoms with Crippen molar-refractivity contribution in [3.8, 4) is 0 Å². The van der Waals surface area contributed by atoms with E-state index in [0.29, 0.717) is 5.69 Å². The number of fused-ring (bicyclic) bond motifs is 1. The molecule has 0 radical (unpaired) electrons. The van der Waals surface area contributed by atoms with Crippen LogP contribution in [0.15, 0.2) is 36.7 Å². The lowest BCUT2D eigenvalue weighted by atomic mass is 10.1. The molecule has 0 saturated carbocycles. The summed E-state index contributed by atoms with van der Waals surface area (Å²) in [6.07, 6.45) is 4.24. The van der Waals surface area contributed by atoms with Gasteiger partial charge in [-0.05, 0) is 31.5 Å². The van der Waals surface area contributed by atoms with Crippen molar-refractivity contribution >= 4 is 17.4 Å². The zero-order chi connectivity index (χ0) is 18.1. The monoisotopic (exact) mass is 351 g/mol. The Balaban J connectivity index is 1.50. The molecule has 1 aromatic heterocycles. The van der Waals surface area contributed by atoms with Crippen LogP contribution in [0.3, 0.4) is 0 Å². The van der Waals surface area contributed by atoms with E-state index < -0.39 is 0 Å². The standard InChI is InChI=1S/C20H25N5O/c1-3-23-8-10-24(11-9-23)19-14-21-17(13-22-19)20(26)25-15(2)12-16-6-4-5-7-18(16)25/h4-7,13-15H,3,8-12H2,1-2H3. The van der Waals surface area contributed by atoms with Crippen LogP contribution in [0.4, 0.5) is 11.5 Å². The Morgan fingerprint density at radius 2 is 1.88 bits per heavy atom. The van der Waals surface area contributed by atoms with E-state index in [0.717, 1.165) is 50.6 Å². The van der Waals surface area contributed by atoms with Crippen molar-refractivity contribution in [1.29, 1.82) is 0 Å². The molecule has 0 spiro atoms.